The lowest BCUT2D eigenvalue weighted by Gasteiger charge is -2.12. The van der Waals surface area contributed by atoms with E-state index in [0.717, 1.165) is 6.07 Å². The Bertz CT molecular complexity index is 391. The molecule has 0 fully saturated rings. The van der Waals surface area contributed by atoms with Gasteiger partial charge in [-0.25, -0.2) is 0 Å². The SMILES string of the molecule is FC(F)Oc1cc(Cl)c(Cl)c(C(F)(F)F)c1. The van der Waals surface area contributed by atoms with Gasteiger partial charge in [-0.2, -0.15) is 22.0 Å². The summed E-state index contributed by atoms with van der Waals surface area (Å²) < 4.78 is 64.5. The molecule has 1 nitrogen and oxygen atoms in total. The molecular weight excluding hydrogens is 278 g/mol. The summed E-state index contributed by atoms with van der Waals surface area (Å²) in [6.45, 7) is -3.24. The number of halogens is 7. The van der Waals surface area contributed by atoms with Crippen LogP contribution in [-0.2, 0) is 6.18 Å². The van der Waals surface area contributed by atoms with Gasteiger partial charge in [0.25, 0.3) is 0 Å². The molecular formula is C8H3Cl2F5O. The van der Waals surface area contributed by atoms with Crippen LogP contribution in [0, 0.1) is 0 Å². The molecule has 0 saturated heterocycles. The normalized spacial score (nSPS) is 12.0. The molecule has 0 aromatic heterocycles. The monoisotopic (exact) mass is 280 g/mol. The zero-order valence-corrected chi connectivity index (χ0v) is 8.80. The van der Waals surface area contributed by atoms with Crippen LogP contribution in [0.4, 0.5) is 22.0 Å². The van der Waals surface area contributed by atoms with Crippen molar-refractivity contribution in [1.82, 2.24) is 0 Å². The third-order valence-corrected chi connectivity index (χ3v) is 2.33. The van der Waals surface area contributed by atoms with Gasteiger partial charge in [0.15, 0.2) is 0 Å². The van der Waals surface area contributed by atoms with E-state index < -0.39 is 34.1 Å². The molecule has 0 amide bonds. The summed E-state index contributed by atoms with van der Waals surface area (Å²) in [5, 5.41) is -1.26. The first-order chi connectivity index (χ1) is 7.21. The average molecular weight is 281 g/mol. The molecule has 8 heteroatoms. The average Bonchev–Trinajstić information content (AvgIpc) is 2.08. The molecule has 0 atom stereocenters. The van der Waals surface area contributed by atoms with Crippen LogP contribution in [0.2, 0.25) is 10.0 Å². The minimum atomic E-state index is -4.79. The third kappa shape index (κ3) is 3.12. The Kier molecular flexibility index (Phi) is 3.85. The number of alkyl halides is 5. The Morgan fingerprint density at radius 1 is 1.12 bits per heavy atom. The van der Waals surface area contributed by atoms with Gasteiger partial charge in [-0.15, -0.1) is 0 Å². The molecule has 0 spiro atoms. The van der Waals surface area contributed by atoms with E-state index in [1.807, 2.05) is 0 Å². The maximum atomic E-state index is 12.4. The molecule has 1 rings (SSSR count). The number of hydrogen-bond acceptors (Lipinski definition) is 1. The molecule has 0 bridgehead atoms. The summed E-state index contributed by atoms with van der Waals surface area (Å²) in [5.74, 6) is -0.697. The smallest absolute Gasteiger partial charge is 0.418 e. The molecule has 0 aliphatic rings. The van der Waals surface area contributed by atoms with Crippen LogP contribution in [0.15, 0.2) is 12.1 Å². The summed E-state index contributed by atoms with van der Waals surface area (Å²) in [6.07, 6.45) is -4.79. The first kappa shape index (κ1) is 13.3. The van der Waals surface area contributed by atoms with Crippen molar-refractivity contribution in [2.24, 2.45) is 0 Å². The Hall–Kier alpha value is -0.750. The second-order valence-corrected chi connectivity index (χ2v) is 3.43. The zero-order valence-electron chi connectivity index (χ0n) is 7.29. The molecule has 0 aliphatic carbocycles. The number of hydrogen-bond donors (Lipinski definition) is 0. The summed E-state index contributed by atoms with van der Waals surface area (Å²) in [7, 11) is 0. The van der Waals surface area contributed by atoms with E-state index in [1.165, 1.54) is 0 Å². The lowest BCUT2D eigenvalue weighted by molar-refractivity contribution is -0.137. The van der Waals surface area contributed by atoms with Gasteiger partial charge in [0.1, 0.15) is 5.75 Å². The predicted octanol–water partition coefficient (Wildman–Crippen LogP) is 4.61. The first-order valence-electron chi connectivity index (χ1n) is 3.73. The van der Waals surface area contributed by atoms with Gasteiger partial charge in [0.05, 0.1) is 15.6 Å². The fourth-order valence-corrected chi connectivity index (χ4v) is 1.37. The van der Waals surface area contributed by atoms with Gasteiger partial charge in [-0.05, 0) is 6.07 Å². The van der Waals surface area contributed by atoms with Gasteiger partial charge < -0.3 is 4.74 Å². The molecule has 1 aromatic rings. The number of rotatable bonds is 2. The van der Waals surface area contributed by atoms with Crippen molar-refractivity contribution in [1.29, 1.82) is 0 Å². The number of benzene rings is 1. The highest BCUT2D eigenvalue weighted by Gasteiger charge is 2.35. The van der Waals surface area contributed by atoms with Crippen LogP contribution in [0.3, 0.4) is 0 Å². The highest BCUT2D eigenvalue weighted by Crippen LogP contribution is 2.40. The van der Waals surface area contributed by atoms with Crippen LogP contribution in [0.5, 0.6) is 5.75 Å². The maximum Gasteiger partial charge on any atom is 0.418 e. The zero-order chi connectivity index (χ0) is 12.5. The largest absolute Gasteiger partial charge is 0.435 e. The van der Waals surface area contributed by atoms with E-state index in [0.29, 0.717) is 6.07 Å². The summed E-state index contributed by atoms with van der Waals surface area (Å²) in [5.41, 5.74) is -1.32. The van der Waals surface area contributed by atoms with Gasteiger partial charge in [-0.1, -0.05) is 23.2 Å². The standard InChI is InChI=1S/C8H3Cl2F5O/c9-5-2-3(16-7(11)12)1-4(6(5)10)8(13,14)15/h1-2,7H. The fraction of sp³-hybridized carbons (Fsp3) is 0.250. The van der Waals surface area contributed by atoms with E-state index in [-0.39, 0.29) is 0 Å². The van der Waals surface area contributed by atoms with Crippen LogP contribution >= 0.6 is 23.2 Å². The van der Waals surface area contributed by atoms with Gasteiger partial charge >= 0.3 is 12.8 Å². The highest BCUT2D eigenvalue weighted by atomic mass is 35.5. The lowest BCUT2D eigenvalue weighted by atomic mass is 10.2. The number of ether oxygens (including phenoxy) is 1. The lowest BCUT2D eigenvalue weighted by Crippen LogP contribution is -2.08. The fourth-order valence-electron chi connectivity index (χ4n) is 0.941. The van der Waals surface area contributed by atoms with Gasteiger partial charge in [-0.3, -0.25) is 0 Å². The van der Waals surface area contributed by atoms with Crippen molar-refractivity contribution in [3.63, 3.8) is 0 Å². The Labute approximate surface area is 96.7 Å². The molecule has 0 heterocycles. The summed E-state index contributed by atoms with van der Waals surface area (Å²) >= 11 is 10.6. The van der Waals surface area contributed by atoms with Crippen molar-refractivity contribution in [2.75, 3.05) is 0 Å². The predicted molar refractivity (Wildman–Crippen MR) is 48.1 cm³/mol. The first-order valence-corrected chi connectivity index (χ1v) is 4.48. The Balaban J connectivity index is 3.23. The molecule has 90 valence electrons. The topological polar surface area (TPSA) is 9.23 Å². The van der Waals surface area contributed by atoms with Crippen molar-refractivity contribution < 1.29 is 26.7 Å². The molecule has 0 N–H and O–H groups in total. The van der Waals surface area contributed by atoms with Crippen LogP contribution in [-0.4, -0.2) is 6.61 Å². The van der Waals surface area contributed by atoms with E-state index in [2.05, 4.69) is 4.74 Å². The molecule has 0 aliphatic heterocycles. The van der Waals surface area contributed by atoms with E-state index in [9.17, 15) is 22.0 Å². The van der Waals surface area contributed by atoms with Crippen molar-refractivity contribution in [2.45, 2.75) is 12.8 Å². The van der Waals surface area contributed by atoms with E-state index >= 15 is 0 Å². The second-order valence-electron chi connectivity index (χ2n) is 2.64. The van der Waals surface area contributed by atoms with E-state index in [4.69, 9.17) is 23.2 Å². The maximum absolute atomic E-state index is 12.4. The molecule has 16 heavy (non-hydrogen) atoms. The summed E-state index contributed by atoms with van der Waals surface area (Å²) in [4.78, 5) is 0. The van der Waals surface area contributed by atoms with Crippen molar-refractivity contribution in [3.8, 4) is 5.75 Å². The minimum absolute atomic E-state index is 0.361. The van der Waals surface area contributed by atoms with Crippen molar-refractivity contribution in [3.05, 3.63) is 27.7 Å². The Morgan fingerprint density at radius 2 is 1.69 bits per heavy atom. The minimum Gasteiger partial charge on any atom is -0.435 e. The van der Waals surface area contributed by atoms with Gasteiger partial charge in [0, 0.05) is 6.07 Å². The highest BCUT2D eigenvalue weighted by molar-refractivity contribution is 6.42. The molecule has 1 aromatic carbocycles. The van der Waals surface area contributed by atoms with Crippen molar-refractivity contribution >= 4 is 23.2 Å². The van der Waals surface area contributed by atoms with Crippen LogP contribution < -0.4 is 4.74 Å². The molecule has 0 radical (unpaired) electrons. The molecule has 0 unspecified atom stereocenters. The van der Waals surface area contributed by atoms with Crippen LogP contribution in [0.1, 0.15) is 5.56 Å². The van der Waals surface area contributed by atoms with Crippen LogP contribution in [0.25, 0.3) is 0 Å². The van der Waals surface area contributed by atoms with Gasteiger partial charge in [0.2, 0.25) is 0 Å². The quantitative estimate of drug-likeness (QED) is 0.719. The second kappa shape index (κ2) is 4.63. The Morgan fingerprint density at radius 3 is 2.12 bits per heavy atom. The summed E-state index contributed by atoms with van der Waals surface area (Å²) in [6, 6.07) is 1.14. The molecule has 0 saturated carbocycles. The third-order valence-electron chi connectivity index (χ3n) is 1.53. The van der Waals surface area contributed by atoms with E-state index in [1.54, 1.807) is 0 Å².